The van der Waals surface area contributed by atoms with Crippen LogP contribution in [-0.4, -0.2) is 13.0 Å². The van der Waals surface area contributed by atoms with Gasteiger partial charge in [0.15, 0.2) is 11.5 Å². The standard InChI is InChI=1S/C25H19Cl2IN2O3/c1-15-20(27)7-4-8-22(15)30-25(31)18(13-29)9-17-11-21(28)24(23(12-17)32-2)33-14-16-5-3-6-19(26)10-16/h3-12H,14H2,1-2H3,(H,30,31)/b18-9+. The van der Waals surface area contributed by atoms with Gasteiger partial charge in [-0.2, -0.15) is 5.26 Å². The summed E-state index contributed by atoms with van der Waals surface area (Å²) in [5, 5.41) is 13.5. The first-order valence-corrected chi connectivity index (χ1v) is 11.6. The third-order valence-corrected chi connectivity index (χ3v) is 6.16. The second-order valence-corrected chi connectivity index (χ2v) is 8.99. The van der Waals surface area contributed by atoms with E-state index in [9.17, 15) is 10.1 Å². The number of methoxy groups -OCH3 is 1. The van der Waals surface area contributed by atoms with E-state index in [0.29, 0.717) is 39.4 Å². The van der Waals surface area contributed by atoms with Crippen molar-refractivity contribution in [3.63, 3.8) is 0 Å². The molecule has 0 spiro atoms. The van der Waals surface area contributed by atoms with E-state index in [0.717, 1.165) is 14.7 Å². The lowest BCUT2D eigenvalue weighted by atomic mass is 10.1. The summed E-state index contributed by atoms with van der Waals surface area (Å²) >= 11 is 14.3. The topological polar surface area (TPSA) is 71.3 Å². The molecule has 0 saturated carbocycles. The number of nitriles is 1. The Labute approximate surface area is 216 Å². The lowest BCUT2D eigenvalue weighted by Gasteiger charge is -2.14. The molecule has 5 nitrogen and oxygen atoms in total. The Bertz CT molecular complexity index is 1270. The number of carbonyl (C=O) groups excluding carboxylic acids is 1. The van der Waals surface area contributed by atoms with Crippen molar-refractivity contribution < 1.29 is 14.3 Å². The second kappa shape index (κ2) is 11.4. The summed E-state index contributed by atoms with van der Waals surface area (Å²) in [5.74, 6) is 0.518. The summed E-state index contributed by atoms with van der Waals surface area (Å²) in [7, 11) is 1.53. The molecule has 168 valence electrons. The zero-order valence-electron chi connectivity index (χ0n) is 17.8. The highest BCUT2D eigenvalue weighted by Crippen LogP contribution is 2.35. The molecule has 3 rings (SSSR count). The van der Waals surface area contributed by atoms with E-state index in [2.05, 4.69) is 27.9 Å². The van der Waals surface area contributed by atoms with Crippen LogP contribution in [0.2, 0.25) is 10.0 Å². The molecular weight excluding hydrogens is 574 g/mol. The molecule has 0 aliphatic carbocycles. The molecule has 3 aromatic carbocycles. The number of halogens is 3. The van der Waals surface area contributed by atoms with Gasteiger partial charge in [0.05, 0.1) is 10.7 Å². The molecule has 0 aliphatic rings. The number of hydrogen-bond donors (Lipinski definition) is 1. The van der Waals surface area contributed by atoms with E-state index < -0.39 is 5.91 Å². The Kier molecular flexibility index (Phi) is 8.61. The number of rotatable bonds is 7. The maximum atomic E-state index is 12.7. The van der Waals surface area contributed by atoms with Crippen molar-refractivity contribution in [1.29, 1.82) is 5.26 Å². The Morgan fingerprint density at radius 2 is 1.94 bits per heavy atom. The molecule has 0 unspecified atom stereocenters. The van der Waals surface area contributed by atoms with Crippen LogP contribution in [0.15, 0.2) is 60.2 Å². The highest BCUT2D eigenvalue weighted by Gasteiger charge is 2.15. The van der Waals surface area contributed by atoms with Crippen molar-refractivity contribution in [3.8, 4) is 17.6 Å². The monoisotopic (exact) mass is 592 g/mol. The quantitative estimate of drug-likeness (QED) is 0.181. The Balaban J connectivity index is 1.84. The zero-order valence-corrected chi connectivity index (χ0v) is 21.5. The molecule has 0 saturated heterocycles. The average Bonchev–Trinajstić information content (AvgIpc) is 2.79. The van der Waals surface area contributed by atoms with E-state index in [1.165, 1.54) is 13.2 Å². The number of nitrogens with one attached hydrogen (secondary N) is 1. The SMILES string of the molecule is COc1cc(/C=C(\C#N)C(=O)Nc2cccc(Cl)c2C)cc(I)c1OCc1cccc(Cl)c1. The van der Waals surface area contributed by atoms with Gasteiger partial charge >= 0.3 is 0 Å². The minimum Gasteiger partial charge on any atom is -0.493 e. The average molecular weight is 593 g/mol. The van der Waals surface area contributed by atoms with Crippen LogP contribution in [0.1, 0.15) is 16.7 Å². The smallest absolute Gasteiger partial charge is 0.266 e. The van der Waals surface area contributed by atoms with Crippen LogP contribution >= 0.6 is 45.8 Å². The molecule has 0 bridgehead atoms. The molecule has 33 heavy (non-hydrogen) atoms. The predicted molar refractivity (Wildman–Crippen MR) is 140 cm³/mol. The Morgan fingerprint density at radius 1 is 1.18 bits per heavy atom. The van der Waals surface area contributed by atoms with Crippen LogP contribution in [0.25, 0.3) is 6.08 Å². The summed E-state index contributed by atoms with van der Waals surface area (Å²) in [6.07, 6.45) is 1.50. The van der Waals surface area contributed by atoms with E-state index in [1.54, 1.807) is 37.3 Å². The lowest BCUT2D eigenvalue weighted by molar-refractivity contribution is -0.112. The fraction of sp³-hybridized carbons (Fsp3) is 0.120. The van der Waals surface area contributed by atoms with Crippen molar-refractivity contribution >= 4 is 63.5 Å². The molecule has 0 fully saturated rings. The Morgan fingerprint density at radius 3 is 2.64 bits per heavy atom. The molecule has 0 atom stereocenters. The summed E-state index contributed by atoms with van der Waals surface area (Å²) in [4.78, 5) is 12.7. The van der Waals surface area contributed by atoms with Gasteiger partial charge in [-0.25, -0.2) is 0 Å². The van der Waals surface area contributed by atoms with Gasteiger partial charge in [-0.15, -0.1) is 0 Å². The highest BCUT2D eigenvalue weighted by molar-refractivity contribution is 14.1. The maximum absolute atomic E-state index is 12.7. The molecule has 0 radical (unpaired) electrons. The first-order chi connectivity index (χ1) is 15.8. The van der Waals surface area contributed by atoms with Crippen molar-refractivity contribution in [3.05, 3.63) is 90.5 Å². The highest BCUT2D eigenvalue weighted by atomic mass is 127. The number of anilines is 1. The van der Waals surface area contributed by atoms with Crippen molar-refractivity contribution in [1.82, 2.24) is 0 Å². The van der Waals surface area contributed by atoms with Gasteiger partial charge in [0.2, 0.25) is 0 Å². The molecule has 8 heteroatoms. The number of hydrogen-bond acceptors (Lipinski definition) is 4. The van der Waals surface area contributed by atoms with Gasteiger partial charge in [-0.1, -0.05) is 41.4 Å². The first-order valence-electron chi connectivity index (χ1n) is 9.75. The first kappa shape index (κ1) is 24.9. The molecule has 1 N–H and O–H groups in total. The fourth-order valence-corrected chi connectivity index (χ4v) is 4.16. The van der Waals surface area contributed by atoms with Crippen LogP contribution in [0.3, 0.4) is 0 Å². The summed E-state index contributed by atoms with van der Waals surface area (Å²) < 4.78 is 12.2. The Hall–Kier alpha value is -2.73. The number of amides is 1. The van der Waals surface area contributed by atoms with Crippen molar-refractivity contribution in [2.24, 2.45) is 0 Å². The maximum Gasteiger partial charge on any atom is 0.266 e. The van der Waals surface area contributed by atoms with Crippen LogP contribution < -0.4 is 14.8 Å². The molecule has 3 aromatic rings. The zero-order chi connectivity index (χ0) is 24.0. The minimum atomic E-state index is -0.530. The number of benzene rings is 3. The second-order valence-electron chi connectivity index (χ2n) is 6.99. The fourth-order valence-electron chi connectivity index (χ4n) is 2.99. The molecule has 0 heterocycles. The summed E-state index contributed by atoms with van der Waals surface area (Å²) in [6, 6.07) is 18.1. The van der Waals surface area contributed by atoms with Crippen LogP contribution in [-0.2, 0) is 11.4 Å². The summed E-state index contributed by atoms with van der Waals surface area (Å²) in [5.41, 5.74) is 2.76. The number of ether oxygens (including phenoxy) is 2. The summed E-state index contributed by atoms with van der Waals surface area (Å²) in [6.45, 7) is 2.11. The normalized spacial score (nSPS) is 11.0. The van der Waals surface area contributed by atoms with Crippen LogP contribution in [0.5, 0.6) is 11.5 Å². The predicted octanol–water partition coefficient (Wildman–Crippen LogP) is 7.04. The number of carbonyl (C=O) groups is 1. The van der Waals surface area contributed by atoms with E-state index >= 15 is 0 Å². The van der Waals surface area contributed by atoms with Crippen molar-refractivity contribution in [2.45, 2.75) is 13.5 Å². The van der Waals surface area contributed by atoms with Gasteiger partial charge in [-0.3, -0.25) is 4.79 Å². The van der Waals surface area contributed by atoms with Gasteiger partial charge in [-0.05, 0) is 88.7 Å². The van der Waals surface area contributed by atoms with Crippen LogP contribution in [0.4, 0.5) is 5.69 Å². The third-order valence-electron chi connectivity index (χ3n) is 4.72. The molecule has 1 amide bonds. The van der Waals surface area contributed by atoms with Gasteiger partial charge in [0.25, 0.3) is 5.91 Å². The molecule has 0 aliphatic heterocycles. The largest absolute Gasteiger partial charge is 0.493 e. The van der Waals surface area contributed by atoms with Gasteiger partial charge in [0, 0.05) is 15.7 Å². The van der Waals surface area contributed by atoms with Gasteiger partial charge < -0.3 is 14.8 Å². The van der Waals surface area contributed by atoms with Gasteiger partial charge in [0.1, 0.15) is 18.2 Å². The third kappa shape index (κ3) is 6.41. The molecular formula is C25H19Cl2IN2O3. The minimum absolute atomic E-state index is 0.0557. The van der Waals surface area contributed by atoms with E-state index in [4.69, 9.17) is 32.7 Å². The molecule has 0 aromatic heterocycles. The van der Waals surface area contributed by atoms with Crippen LogP contribution in [0, 0.1) is 21.8 Å². The lowest BCUT2D eigenvalue weighted by Crippen LogP contribution is -2.14. The number of nitrogens with zero attached hydrogens (tertiary/aromatic N) is 1. The van der Waals surface area contributed by atoms with E-state index in [-0.39, 0.29) is 5.57 Å². The van der Waals surface area contributed by atoms with E-state index in [1.807, 2.05) is 30.3 Å². The van der Waals surface area contributed by atoms with Crippen molar-refractivity contribution in [2.75, 3.05) is 12.4 Å².